The molecule has 1 N–H and O–H groups in total. The molecule has 7 nitrogen and oxygen atoms in total. The van der Waals surface area contributed by atoms with Crippen molar-refractivity contribution in [3.05, 3.63) is 35.5 Å². The number of aliphatic hydroxyl groups is 1. The molecule has 196 valence electrons. The third-order valence-electron chi connectivity index (χ3n) is 10.6. The van der Waals surface area contributed by atoms with Gasteiger partial charge in [-0.05, 0) is 48.0 Å². The van der Waals surface area contributed by atoms with Crippen LogP contribution in [0, 0.1) is 39.4 Å². The van der Waals surface area contributed by atoms with Crippen LogP contribution in [0.15, 0.2) is 35.5 Å². The summed E-state index contributed by atoms with van der Waals surface area (Å²) in [7, 11) is 1.64. The van der Waals surface area contributed by atoms with Gasteiger partial charge in [0, 0.05) is 42.4 Å². The molecule has 1 aliphatic heterocycles. The number of hydrogen-bond acceptors (Lipinski definition) is 7. The molecule has 7 heteroatoms. The van der Waals surface area contributed by atoms with E-state index in [4.69, 9.17) is 14.2 Å². The molecule has 0 unspecified atom stereocenters. The van der Waals surface area contributed by atoms with Crippen molar-refractivity contribution in [2.24, 2.45) is 39.4 Å². The lowest BCUT2D eigenvalue weighted by Gasteiger charge is -2.68. The molecule has 4 aliphatic carbocycles. The Kier molecular flexibility index (Phi) is 5.56. The van der Waals surface area contributed by atoms with E-state index in [1.165, 1.54) is 18.6 Å². The molecule has 1 heterocycles. The number of allylic oxidation sites excluding steroid dienone is 3. The number of rotatable bonds is 3. The molecule has 0 saturated heterocycles. The average molecular weight is 499 g/mol. The van der Waals surface area contributed by atoms with E-state index < -0.39 is 35.3 Å². The monoisotopic (exact) mass is 498 g/mol. The Morgan fingerprint density at radius 2 is 1.86 bits per heavy atom. The predicted octanol–water partition coefficient (Wildman–Crippen LogP) is 3.90. The first-order valence-electron chi connectivity index (χ1n) is 13.0. The summed E-state index contributed by atoms with van der Waals surface area (Å²) >= 11 is 0. The largest absolute Gasteiger partial charge is 0.459 e. The highest BCUT2D eigenvalue weighted by Gasteiger charge is 2.72. The number of methoxy groups -OCH3 is 1. The fraction of sp³-hybridized carbons (Fsp3) is 0.690. The molecule has 0 aromatic rings. The number of esters is 2. The second kappa shape index (κ2) is 7.87. The van der Waals surface area contributed by atoms with Crippen molar-refractivity contribution >= 4 is 17.7 Å². The van der Waals surface area contributed by atoms with Gasteiger partial charge < -0.3 is 19.3 Å². The van der Waals surface area contributed by atoms with Crippen molar-refractivity contribution in [1.29, 1.82) is 0 Å². The smallest absolute Gasteiger partial charge is 0.333 e. The molecule has 9 atom stereocenters. The highest BCUT2D eigenvalue weighted by atomic mass is 16.6. The van der Waals surface area contributed by atoms with Gasteiger partial charge in [0.25, 0.3) is 0 Å². The van der Waals surface area contributed by atoms with E-state index in [0.717, 1.165) is 12.8 Å². The van der Waals surface area contributed by atoms with Gasteiger partial charge in [0.1, 0.15) is 6.10 Å². The lowest BCUT2D eigenvalue weighted by atomic mass is 9.37. The quantitative estimate of drug-likeness (QED) is 0.465. The van der Waals surface area contributed by atoms with Gasteiger partial charge in [-0.2, -0.15) is 0 Å². The van der Waals surface area contributed by atoms with Crippen molar-refractivity contribution in [2.75, 3.05) is 7.11 Å². The molecule has 5 aliphatic rings. The Labute approximate surface area is 212 Å². The average Bonchev–Trinajstić information content (AvgIpc) is 3.30. The Balaban J connectivity index is 1.68. The van der Waals surface area contributed by atoms with Crippen LogP contribution in [0.2, 0.25) is 0 Å². The van der Waals surface area contributed by atoms with Crippen LogP contribution in [0.4, 0.5) is 0 Å². The fourth-order valence-electron chi connectivity index (χ4n) is 9.24. The van der Waals surface area contributed by atoms with Crippen molar-refractivity contribution in [2.45, 2.75) is 79.3 Å². The summed E-state index contributed by atoms with van der Waals surface area (Å²) in [6, 6.07) is 0. The minimum absolute atomic E-state index is 0.0600. The van der Waals surface area contributed by atoms with E-state index in [0.29, 0.717) is 12.0 Å². The van der Waals surface area contributed by atoms with Gasteiger partial charge in [-0.25, -0.2) is 4.79 Å². The predicted molar refractivity (Wildman–Crippen MR) is 131 cm³/mol. The van der Waals surface area contributed by atoms with Gasteiger partial charge in [0.05, 0.1) is 6.10 Å². The minimum Gasteiger partial charge on any atom is -0.459 e. The van der Waals surface area contributed by atoms with Crippen LogP contribution in [0.3, 0.4) is 0 Å². The number of carbonyl (C=O) groups excluding carboxylic acids is 3. The number of cyclic esters (lactones) is 1. The Morgan fingerprint density at radius 1 is 1.17 bits per heavy atom. The third-order valence-corrected chi connectivity index (χ3v) is 10.6. The van der Waals surface area contributed by atoms with Crippen LogP contribution >= 0.6 is 0 Å². The number of hydrogen-bond donors (Lipinski definition) is 1. The SMILES string of the molecule is CO[C@H]1[C@@H](OC(C)=O)[C@@]2(C)C3=CC[C@@H](C4=CC(=O)O[C@H]4O)[C@]3(C)CC[C@@H]2[C@@]2(C)C=CC(=O)C(C)(C)[C@H]12. The van der Waals surface area contributed by atoms with Crippen molar-refractivity contribution in [1.82, 2.24) is 0 Å². The summed E-state index contributed by atoms with van der Waals surface area (Å²) in [5.74, 6) is -1.01. The van der Waals surface area contributed by atoms with Gasteiger partial charge in [0.15, 0.2) is 5.78 Å². The Hall–Kier alpha value is -2.25. The standard InChI is InChI=1S/C29H38O7/c1-15(30)35-24-22(34-7)23-26(2,3)20(31)11-13-28(23,5)19-10-12-27(4)17(8-9-18(27)29(19,24)6)16-14-21(32)36-25(16)33/h9,11,13-14,17,19,22-25,33H,8,10,12H2,1-7H3/t17-,19+,22+,23-,24+,25+,27-,28+,29-/m0/s1. The van der Waals surface area contributed by atoms with Gasteiger partial charge in [-0.3, -0.25) is 9.59 Å². The zero-order chi connectivity index (χ0) is 26.4. The first kappa shape index (κ1) is 25.4. The first-order chi connectivity index (χ1) is 16.7. The van der Waals surface area contributed by atoms with Gasteiger partial charge >= 0.3 is 11.9 Å². The molecule has 2 saturated carbocycles. The summed E-state index contributed by atoms with van der Waals surface area (Å²) < 4.78 is 17.4. The van der Waals surface area contributed by atoms with Crippen LogP contribution in [-0.2, 0) is 28.6 Å². The molecule has 0 amide bonds. The number of ether oxygens (including phenoxy) is 3. The number of carbonyl (C=O) groups is 3. The summed E-state index contributed by atoms with van der Waals surface area (Å²) in [6.07, 6.45) is 7.51. The maximum Gasteiger partial charge on any atom is 0.333 e. The molecule has 2 fully saturated rings. The van der Waals surface area contributed by atoms with Crippen LogP contribution < -0.4 is 0 Å². The second-order valence-corrected chi connectivity index (χ2v) is 12.6. The maximum absolute atomic E-state index is 13.1. The molecule has 5 rings (SSSR count). The highest BCUT2D eigenvalue weighted by molar-refractivity contribution is 5.96. The maximum atomic E-state index is 13.1. The van der Waals surface area contributed by atoms with E-state index in [2.05, 4.69) is 32.9 Å². The molecule has 0 bridgehead atoms. The molecular formula is C29H38O7. The highest BCUT2D eigenvalue weighted by Crippen LogP contribution is 2.72. The summed E-state index contributed by atoms with van der Waals surface area (Å²) in [4.78, 5) is 37.5. The Morgan fingerprint density at radius 3 is 2.44 bits per heavy atom. The van der Waals surface area contributed by atoms with Gasteiger partial charge in [-0.1, -0.05) is 52.3 Å². The zero-order valence-corrected chi connectivity index (χ0v) is 22.3. The van der Waals surface area contributed by atoms with E-state index in [1.54, 1.807) is 13.2 Å². The van der Waals surface area contributed by atoms with Crippen LogP contribution in [0.1, 0.15) is 60.8 Å². The number of fused-ring (bicyclic) bond motifs is 5. The van der Waals surface area contributed by atoms with Crippen LogP contribution in [0.25, 0.3) is 0 Å². The van der Waals surface area contributed by atoms with E-state index in [-0.39, 0.29) is 40.3 Å². The van der Waals surface area contributed by atoms with Gasteiger partial charge in [-0.15, -0.1) is 0 Å². The van der Waals surface area contributed by atoms with Crippen molar-refractivity contribution in [3.63, 3.8) is 0 Å². The van der Waals surface area contributed by atoms with E-state index in [1.807, 2.05) is 13.8 Å². The van der Waals surface area contributed by atoms with Crippen molar-refractivity contribution in [3.8, 4) is 0 Å². The number of aliphatic hydroxyl groups excluding tert-OH is 1. The second-order valence-electron chi connectivity index (χ2n) is 12.6. The molecule has 0 spiro atoms. The van der Waals surface area contributed by atoms with E-state index in [9.17, 15) is 19.5 Å². The van der Waals surface area contributed by atoms with Crippen LogP contribution in [-0.4, -0.2) is 48.4 Å². The fourth-order valence-corrected chi connectivity index (χ4v) is 9.24. The summed E-state index contributed by atoms with van der Waals surface area (Å²) in [5.41, 5.74) is -0.180. The molecule has 0 radical (unpaired) electrons. The normalized spacial score (nSPS) is 46.8. The summed E-state index contributed by atoms with van der Waals surface area (Å²) in [6.45, 7) is 12.0. The molecule has 0 aromatic heterocycles. The van der Waals surface area contributed by atoms with Crippen molar-refractivity contribution < 1.29 is 33.7 Å². The first-order valence-corrected chi connectivity index (χ1v) is 13.0. The molecule has 0 aromatic carbocycles. The lowest BCUT2D eigenvalue weighted by molar-refractivity contribution is -0.235. The topological polar surface area (TPSA) is 99.1 Å². The Bertz CT molecular complexity index is 1110. The third kappa shape index (κ3) is 3.08. The van der Waals surface area contributed by atoms with Crippen LogP contribution in [0.5, 0.6) is 0 Å². The molecule has 36 heavy (non-hydrogen) atoms. The van der Waals surface area contributed by atoms with E-state index >= 15 is 0 Å². The lowest BCUT2D eigenvalue weighted by Crippen LogP contribution is -2.70. The minimum atomic E-state index is -1.23. The molecular weight excluding hydrogens is 460 g/mol. The summed E-state index contributed by atoms with van der Waals surface area (Å²) in [5, 5.41) is 10.5. The number of ketones is 1. The zero-order valence-electron chi connectivity index (χ0n) is 22.3. The van der Waals surface area contributed by atoms with Gasteiger partial charge in [0.2, 0.25) is 6.29 Å².